The van der Waals surface area contributed by atoms with E-state index in [1.165, 1.54) is 18.2 Å². The number of aliphatic hydroxyl groups is 1. The molecule has 0 spiro atoms. The number of benzene rings is 2. The van der Waals surface area contributed by atoms with Crippen molar-refractivity contribution < 1.29 is 13.9 Å². The first kappa shape index (κ1) is 14.2. The van der Waals surface area contributed by atoms with Crippen molar-refractivity contribution in [2.24, 2.45) is 0 Å². The number of aliphatic hydroxyl groups excluding tert-OH is 1. The first-order valence-corrected chi connectivity index (χ1v) is 6.64. The fourth-order valence-corrected chi connectivity index (χ4v) is 2.22. The molecule has 0 fully saturated rings. The summed E-state index contributed by atoms with van der Waals surface area (Å²) in [6, 6.07) is 9.12. The lowest BCUT2D eigenvalue weighted by atomic mass is 9.99. The van der Waals surface area contributed by atoms with E-state index in [1.807, 2.05) is 0 Å². The second-order valence-electron chi connectivity index (χ2n) is 4.46. The van der Waals surface area contributed by atoms with Crippen LogP contribution in [0, 0.1) is 18.6 Å². The van der Waals surface area contributed by atoms with Gasteiger partial charge in [0, 0.05) is 10.9 Å². The summed E-state index contributed by atoms with van der Waals surface area (Å²) in [6.07, 6.45) is -0.695. The normalized spacial score (nSPS) is 12.5. The van der Waals surface area contributed by atoms with Crippen LogP contribution in [0.1, 0.15) is 22.8 Å². The quantitative estimate of drug-likeness (QED) is 0.891. The summed E-state index contributed by atoms with van der Waals surface area (Å²) in [5.41, 5.74) is 1.48. The van der Waals surface area contributed by atoms with Gasteiger partial charge in [0.15, 0.2) is 0 Å². The third kappa shape index (κ3) is 3.39. The maximum atomic E-state index is 13.7. The van der Waals surface area contributed by atoms with E-state index in [1.54, 1.807) is 25.1 Å². The molecule has 0 amide bonds. The molecular weight excluding hydrogens is 314 g/mol. The Labute approximate surface area is 119 Å². The Morgan fingerprint density at radius 3 is 2.47 bits per heavy atom. The van der Waals surface area contributed by atoms with Crippen molar-refractivity contribution in [3.8, 4) is 0 Å². The lowest BCUT2D eigenvalue weighted by Crippen LogP contribution is -2.04. The molecule has 2 aromatic carbocycles. The van der Waals surface area contributed by atoms with E-state index >= 15 is 0 Å². The van der Waals surface area contributed by atoms with Gasteiger partial charge in [-0.25, -0.2) is 8.78 Å². The van der Waals surface area contributed by atoms with E-state index in [2.05, 4.69) is 15.9 Å². The molecule has 1 atom stereocenters. The van der Waals surface area contributed by atoms with E-state index in [9.17, 15) is 13.9 Å². The number of halogens is 3. The minimum Gasteiger partial charge on any atom is -0.388 e. The Morgan fingerprint density at radius 2 is 1.84 bits per heavy atom. The lowest BCUT2D eigenvalue weighted by Gasteiger charge is -2.13. The van der Waals surface area contributed by atoms with Gasteiger partial charge in [-0.05, 0) is 41.8 Å². The zero-order valence-electron chi connectivity index (χ0n) is 10.3. The zero-order valence-corrected chi connectivity index (χ0v) is 11.9. The van der Waals surface area contributed by atoms with Crippen molar-refractivity contribution in [2.45, 2.75) is 19.4 Å². The molecule has 0 saturated heterocycles. The van der Waals surface area contributed by atoms with Gasteiger partial charge in [-0.3, -0.25) is 0 Å². The average molecular weight is 327 g/mol. The second-order valence-corrected chi connectivity index (χ2v) is 5.38. The zero-order chi connectivity index (χ0) is 14.0. The topological polar surface area (TPSA) is 20.2 Å². The first-order valence-electron chi connectivity index (χ1n) is 5.85. The molecular formula is C15H13BrF2O. The number of hydrogen-bond donors (Lipinski definition) is 1. The summed E-state index contributed by atoms with van der Waals surface area (Å²) >= 11 is 3.18. The van der Waals surface area contributed by atoms with Crippen molar-refractivity contribution >= 4 is 15.9 Å². The van der Waals surface area contributed by atoms with Crippen molar-refractivity contribution in [1.29, 1.82) is 0 Å². The summed E-state index contributed by atoms with van der Waals surface area (Å²) in [7, 11) is 0. The highest BCUT2D eigenvalue weighted by Crippen LogP contribution is 2.23. The van der Waals surface area contributed by atoms with Gasteiger partial charge in [-0.1, -0.05) is 34.1 Å². The van der Waals surface area contributed by atoms with Gasteiger partial charge in [0.05, 0.1) is 6.10 Å². The maximum absolute atomic E-state index is 13.7. The van der Waals surface area contributed by atoms with Crippen LogP contribution in [-0.4, -0.2) is 5.11 Å². The molecule has 19 heavy (non-hydrogen) atoms. The van der Waals surface area contributed by atoms with Crippen LogP contribution in [0.2, 0.25) is 0 Å². The van der Waals surface area contributed by atoms with E-state index in [4.69, 9.17) is 0 Å². The van der Waals surface area contributed by atoms with E-state index in [0.717, 1.165) is 0 Å². The maximum Gasteiger partial charge on any atom is 0.127 e. The molecule has 0 radical (unpaired) electrons. The molecule has 1 nitrogen and oxygen atoms in total. The third-order valence-electron chi connectivity index (χ3n) is 3.00. The predicted octanol–water partition coefficient (Wildman–Crippen LogP) is 4.31. The van der Waals surface area contributed by atoms with Gasteiger partial charge >= 0.3 is 0 Å². The van der Waals surface area contributed by atoms with Gasteiger partial charge in [0.2, 0.25) is 0 Å². The van der Waals surface area contributed by atoms with Crippen molar-refractivity contribution in [2.75, 3.05) is 0 Å². The second kappa shape index (κ2) is 5.80. The average Bonchev–Trinajstić information content (AvgIpc) is 2.36. The summed E-state index contributed by atoms with van der Waals surface area (Å²) in [6.45, 7) is 1.63. The molecule has 0 aliphatic carbocycles. The SMILES string of the molecule is Cc1cc(C(O)Cc2ccc(Br)cc2F)ccc1F. The minimum atomic E-state index is -0.852. The van der Waals surface area contributed by atoms with Crippen LogP contribution >= 0.6 is 15.9 Å². The highest BCUT2D eigenvalue weighted by molar-refractivity contribution is 9.10. The molecule has 0 aromatic heterocycles. The van der Waals surface area contributed by atoms with Crippen LogP contribution in [0.5, 0.6) is 0 Å². The predicted molar refractivity (Wildman–Crippen MR) is 73.9 cm³/mol. The Kier molecular flexibility index (Phi) is 4.32. The summed E-state index contributed by atoms with van der Waals surface area (Å²) in [5.74, 6) is -0.682. The van der Waals surface area contributed by atoms with Crippen LogP contribution in [0.15, 0.2) is 40.9 Å². The monoisotopic (exact) mass is 326 g/mol. The molecule has 2 aromatic rings. The van der Waals surface area contributed by atoms with Crippen LogP contribution in [0.4, 0.5) is 8.78 Å². The molecule has 100 valence electrons. The Balaban J connectivity index is 2.20. The van der Waals surface area contributed by atoms with E-state index in [0.29, 0.717) is 21.2 Å². The molecule has 0 saturated carbocycles. The minimum absolute atomic E-state index is 0.157. The lowest BCUT2D eigenvalue weighted by molar-refractivity contribution is 0.177. The van der Waals surface area contributed by atoms with E-state index < -0.39 is 6.10 Å². The number of rotatable bonds is 3. The Hall–Kier alpha value is -1.26. The Bertz CT molecular complexity index is 599. The molecule has 1 N–H and O–H groups in total. The molecule has 0 bridgehead atoms. The first-order chi connectivity index (χ1) is 8.97. The molecule has 2 rings (SSSR count). The fraction of sp³-hybridized carbons (Fsp3) is 0.200. The highest BCUT2D eigenvalue weighted by Gasteiger charge is 2.13. The van der Waals surface area contributed by atoms with Gasteiger partial charge < -0.3 is 5.11 Å². The van der Waals surface area contributed by atoms with Crippen molar-refractivity contribution in [3.05, 3.63) is 69.2 Å². The number of aryl methyl sites for hydroxylation is 1. The van der Waals surface area contributed by atoms with Gasteiger partial charge in [-0.2, -0.15) is 0 Å². The van der Waals surface area contributed by atoms with Gasteiger partial charge in [0.25, 0.3) is 0 Å². The van der Waals surface area contributed by atoms with Crippen LogP contribution < -0.4 is 0 Å². The highest BCUT2D eigenvalue weighted by atomic mass is 79.9. The summed E-state index contributed by atoms with van der Waals surface area (Å²) in [5, 5.41) is 10.1. The number of hydrogen-bond acceptors (Lipinski definition) is 1. The smallest absolute Gasteiger partial charge is 0.127 e. The largest absolute Gasteiger partial charge is 0.388 e. The van der Waals surface area contributed by atoms with Crippen molar-refractivity contribution in [3.63, 3.8) is 0 Å². The van der Waals surface area contributed by atoms with Gasteiger partial charge in [-0.15, -0.1) is 0 Å². The van der Waals surface area contributed by atoms with Crippen LogP contribution in [-0.2, 0) is 6.42 Å². The molecule has 1 unspecified atom stereocenters. The summed E-state index contributed by atoms with van der Waals surface area (Å²) in [4.78, 5) is 0. The molecule has 4 heteroatoms. The standard InChI is InChI=1S/C15H13BrF2O/c1-9-6-11(3-5-13(9)17)15(19)7-10-2-4-12(16)8-14(10)18/h2-6,8,15,19H,7H2,1H3. The van der Waals surface area contributed by atoms with E-state index in [-0.39, 0.29) is 18.1 Å². The van der Waals surface area contributed by atoms with Gasteiger partial charge in [0.1, 0.15) is 11.6 Å². The molecule has 0 aliphatic rings. The molecule has 0 heterocycles. The summed E-state index contributed by atoms with van der Waals surface area (Å²) < 4.78 is 27.5. The van der Waals surface area contributed by atoms with Crippen LogP contribution in [0.25, 0.3) is 0 Å². The fourth-order valence-electron chi connectivity index (χ4n) is 1.89. The van der Waals surface area contributed by atoms with Crippen LogP contribution in [0.3, 0.4) is 0 Å². The Morgan fingerprint density at radius 1 is 1.11 bits per heavy atom. The molecule has 0 aliphatic heterocycles. The third-order valence-corrected chi connectivity index (χ3v) is 3.49. The van der Waals surface area contributed by atoms with Crippen molar-refractivity contribution in [1.82, 2.24) is 0 Å².